The number of aliphatic hydroxyl groups is 1. The zero-order valence-electron chi connectivity index (χ0n) is 25.7. The summed E-state index contributed by atoms with van der Waals surface area (Å²) in [6, 6.07) is 15.9. The molecule has 2 heterocycles. The van der Waals surface area contributed by atoms with Crippen molar-refractivity contribution >= 4 is 46.5 Å². The summed E-state index contributed by atoms with van der Waals surface area (Å²) in [4.78, 5) is 28.5. The van der Waals surface area contributed by atoms with E-state index in [0.29, 0.717) is 64.3 Å². The molecule has 3 N–H and O–H groups in total. The van der Waals surface area contributed by atoms with Crippen LogP contribution in [-0.4, -0.2) is 70.6 Å². The van der Waals surface area contributed by atoms with Crippen molar-refractivity contribution < 1.29 is 34.0 Å². The molecule has 3 aromatic rings. The monoisotopic (exact) mass is 678 g/mol. The summed E-state index contributed by atoms with van der Waals surface area (Å²) in [7, 11) is 0. The van der Waals surface area contributed by atoms with Gasteiger partial charge in [0.1, 0.15) is 12.2 Å². The first-order valence-electron chi connectivity index (χ1n) is 16.3. The SMILES string of the molecule is O=C(Cc1ccccc1Nc1c(Cl)cccc1Cl)OCC(=O)O[C@@H]1CC[C@@]2(O)[C@H]3Cc4ccc(O)c5c4[C@@]2(CCN3CC2CC2)C1O5. The molecule has 246 valence electrons. The third-order valence-electron chi connectivity index (χ3n) is 10.9. The predicted octanol–water partition coefficient (Wildman–Crippen LogP) is 5.70. The van der Waals surface area contributed by atoms with E-state index in [0.717, 1.165) is 24.2 Å². The second kappa shape index (κ2) is 11.6. The van der Waals surface area contributed by atoms with Crippen LogP contribution < -0.4 is 10.1 Å². The highest BCUT2D eigenvalue weighted by molar-refractivity contribution is 6.39. The molecule has 1 unspecified atom stereocenters. The molecule has 5 atom stereocenters. The quantitative estimate of drug-likeness (QED) is 0.245. The number of phenols is 1. The standard InChI is InChI=1S/C36H36Cl2N2O7/c37-23-5-3-6-24(38)32(23)39-25-7-2-1-4-21(25)17-29(42)45-19-30(43)46-27-12-13-36(44)28-16-22-10-11-26(41)33-31(22)35(36,34(27)47-33)14-15-40(28)18-20-8-9-20/h1-7,10-11,20,27-28,34,39,41,44H,8-9,12-19H2/t27-,28-,34?,35+,36-/m1/s1. The first-order valence-corrected chi connectivity index (χ1v) is 17.1. The van der Waals surface area contributed by atoms with Crippen molar-refractivity contribution in [3.05, 3.63) is 81.3 Å². The van der Waals surface area contributed by atoms with Gasteiger partial charge in [-0.1, -0.05) is 53.5 Å². The Kier molecular flexibility index (Phi) is 7.59. The van der Waals surface area contributed by atoms with Crippen LogP contribution in [0, 0.1) is 5.92 Å². The van der Waals surface area contributed by atoms with Gasteiger partial charge in [0.25, 0.3) is 0 Å². The lowest BCUT2D eigenvalue weighted by molar-refractivity contribution is -0.217. The van der Waals surface area contributed by atoms with Crippen LogP contribution in [0.3, 0.4) is 0 Å². The Balaban J connectivity index is 0.959. The van der Waals surface area contributed by atoms with Crippen LogP contribution in [-0.2, 0) is 37.3 Å². The van der Waals surface area contributed by atoms with Crippen LogP contribution in [0.1, 0.15) is 48.8 Å². The molecule has 3 aromatic carbocycles. The van der Waals surface area contributed by atoms with E-state index in [-0.39, 0.29) is 18.2 Å². The van der Waals surface area contributed by atoms with Crippen LogP contribution in [0.2, 0.25) is 10.0 Å². The lowest BCUT2D eigenvalue weighted by Gasteiger charge is -2.63. The van der Waals surface area contributed by atoms with Crippen molar-refractivity contribution in [3.8, 4) is 11.5 Å². The topological polar surface area (TPSA) is 118 Å². The number of aromatic hydroxyl groups is 1. The molecule has 1 saturated heterocycles. The van der Waals surface area contributed by atoms with Gasteiger partial charge in [-0.05, 0) is 86.4 Å². The number of likely N-dealkylation sites (tertiary alicyclic amines) is 1. The molecule has 2 saturated carbocycles. The number of piperidine rings is 1. The minimum absolute atomic E-state index is 0.0271. The Hall–Kier alpha value is -3.50. The third kappa shape index (κ3) is 5.05. The maximum absolute atomic E-state index is 13.2. The highest BCUT2D eigenvalue weighted by atomic mass is 35.5. The number of carbonyl (C=O) groups excluding carboxylic acids is 2. The molecule has 3 fully saturated rings. The molecule has 1 spiro atoms. The second-order valence-electron chi connectivity index (χ2n) is 13.6. The number of esters is 2. The molecular formula is C36H36Cl2N2O7. The van der Waals surface area contributed by atoms with E-state index in [4.69, 9.17) is 37.4 Å². The third-order valence-corrected chi connectivity index (χ3v) is 11.5. The van der Waals surface area contributed by atoms with Crippen LogP contribution in [0.15, 0.2) is 54.6 Å². The van der Waals surface area contributed by atoms with Gasteiger partial charge < -0.3 is 29.7 Å². The molecule has 9 nitrogen and oxygen atoms in total. The average molecular weight is 680 g/mol. The maximum atomic E-state index is 13.2. The molecule has 8 rings (SSSR count). The number of para-hydroxylation sites is 2. The van der Waals surface area contributed by atoms with E-state index < -0.39 is 41.8 Å². The zero-order chi connectivity index (χ0) is 32.5. The van der Waals surface area contributed by atoms with Gasteiger partial charge in [-0.15, -0.1) is 0 Å². The number of anilines is 2. The predicted molar refractivity (Wildman–Crippen MR) is 176 cm³/mol. The van der Waals surface area contributed by atoms with Crippen molar-refractivity contribution in [2.45, 2.75) is 74.2 Å². The molecule has 5 aliphatic rings. The highest BCUT2D eigenvalue weighted by Crippen LogP contribution is 2.65. The summed E-state index contributed by atoms with van der Waals surface area (Å²) < 4.78 is 17.8. The van der Waals surface area contributed by atoms with E-state index in [1.165, 1.54) is 12.8 Å². The number of phenolic OH excluding ortho intramolecular Hbond substituents is 1. The van der Waals surface area contributed by atoms with Crippen molar-refractivity contribution in [2.75, 3.05) is 25.0 Å². The van der Waals surface area contributed by atoms with Gasteiger partial charge in [0.2, 0.25) is 0 Å². The summed E-state index contributed by atoms with van der Waals surface area (Å²) >= 11 is 12.6. The van der Waals surface area contributed by atoms with E-state index in [2.05, 4.69) is 10.2 Å². The Morgan fingerprint density at radius 2 is 1.79 bits per heavy atom. The molecule has 2 bridgehead atoms. The summed E-state index contributed by atoms with van der Waals surface area (Å²) in [6.07, 6.45) is 3.18. The van der Waals surface area contributed by atoms with Crippen molar-refractivity contribution in [3.63, 3.8) is 0 Å². The maximum Gasteiger partial charge on any atom is 0.344 e. The molecular weight excluding hydrogens is 643 g/mol. The number of halogens is 2. The van der Waals surface area contributed by atoms with Gasteiger partial charge in [0, 0.05) is 23.8 Å². The molecule has 0 amide bonds. The number of hydrogen-bond acceptors (Lipinski definition) is 9. The summed E-state index contributed by atoms with van der Waals surface area (Å²) in [5.74, 6) is -0.193. The van der Waals surface area contributed by atoms with E-state index >= 15 is 0 Å². The first kappa shape index (κ1) is 30.8. The van der Waals surface area contributed by atoms with Crippen molar-refractivity contribution in [1.29, 1.82) is 0 Å². The fourth-order valence-corrected chi connectivity index (χ4v) is 9.15. The largest absolute Gasteiger partial charge is 0.504 e. The fourth-order valence-electron chi connectivity index (χ4n) is 8.65. The number of hydrogen-bond donors (Lipinski definition) is 3. The number of carbonyl (C=O) groups is 2. The lowest BCUT2D eigenvalue weighted by Crippen LogP contribution is -2.77. The van der Waals surface area contributed by atoms with Gasteiger partial charge in [0.15, 0.2) is 18.1 Å². The first-order chi connectivity index (χ1) is 22.7. The number of nitrogens with one attached hydrogen (secondary N) is 1. The normalized spacial score (nSPS) is 28.6. The molecule has 3 aliphatic carbocycles. The minimum atomic E-state index is -1.08. The second-order valence-corrected chi connectivity index (χ2v) is 14.4. The Morgan fingerprint density at radius 3 is 2.57 bits per heavy atom. The lowest BCUT2D eigenvalue weighted by atomic mass is 9.48. The molecule has 11 heteroatoms. The zero-order valence-corrected chi connectivity index (χ0v) is 27.2. The van der Waals surface area contributed by atoms with E-state index in [1.807, 2.05) is 12.1 Å². The fraction of sp³-hybridized carbons (Fsp3) is 0.444. The Morgan fingerprint density at radius 1 is 1.00 bits per heavy atom. The highest BCUT2D eigenvalue weighted by Gasteiger charge is 2.73. The van der Waals surface area contributed by atoms with Gasteiger partial charge >= 0.3 is 11.9 Å². The summed E-state index contributed by atoms with van der Waals surface area (Å²) in [6.45, 7) is 1.22. The van der Waals surface area contributed by atoms with Gasteiger partial charge in [-0.2, -0.15) is 0 Å². The summed E-state index contributed by atoms with van der Waals surface area (Å²) in [5, 5.41) is 27.5. The van der Waals surface area contributed by atoms with Crippen LogP contribution in [0.25, 0.3) is 0 Å². The number of rotatable bonds is 9. The Bertz CT molecular complexity index is 1740. The Labute approximate surface area is 282 Å². The number of nitrogens with zero attached hydrogens (tertiary/aromatic N) is 1. The molecule has 0 aromatic heterocycles. The van der Waals surface area contributed by atoms with E-state index in [1.54, 1.807) is 42.5 Å². The minimum Gasteiger partial charge on any atom is -0.504 e. The molecule has 0 radical (unpaired) electrons. The number of benzene rings is 3. The average Bonchev–Trinajstić information content (AvgIpc) is 3.79. The van der Waals surface area contributed by atoms with Crippen molar-refractivity contribution in [1.82, 2.24) is 4.90 Å². The molecule has 47 heavy (non-hydrogen) atoms. The van der Waals surface area contributed by atoms with E-state index in [9.17, 15) is 19.8 Å². The van der Waals surface area contributed by atoms with Gasteiger partial charge in [0.05, 0.1) is 33.2 Å². The van der Waals surface area contributed by atoms with Gasteiger partial charge in [-0.3, -0.25) is 9.69 Å². The number of ether oxygens (including phenoxy) is 3. The summed E-state index contributed by atoms with van der Waals surface area (Å²) in [5.41, 5.74) is 1.84. The smallest absolute Gasteiger partial charge is 0.344 e. The van der Waals surface area contributed by atoms with Crippen LogP contribution >= 0.6 is 23.2 Å². The molecule has 2 aliphatic heterocycles. The van der Waals surface area contributed by atoms with Crippen LogP contribution in [0.5, 0.6) is 11.5 Å². The van der Waals surface area contributed by atoms with Crippen LogP contribution in [0.4, 0.5) is 11.4 Å². The van der Waals surface area contributed by atoms with Gasteiger partial charge in [-0.25, -0.2) is 4.79 Å². The van der Waals surface area contributed by atoms with Crippen molar-refractivity contribution in [2.24, 2.45) is 5.92 Å².